The normalized spacial score (nSPS) is 30.5. The maximum atomic E-state index is 11.8. The van der Waals surface area contributed by atoms with Crippen LogP contribution in [0, 0.1) is 11.8 Å². The van der Waals surface area contributed by atoms with Gasteiger partial charge < -0.3 is 14.3 Å². The number of esters is 1. The fourth-order valence-corrected chi connectivity index (χ4v) is 7.64. The monoisotopic (exact) mass is 396 g/mol. The second kappa shape index (κ2) is 9.70. The molecule has 0 aromatic rings. The van der Waals surface area contributed by atoms with E-state index in [0.717, 1.165) is 50.2 Å². The van der Waals surface area contributed by atoms with Gasteiger partial charge in [-0.25, -0.2) is 0 Å². The van der Waals surface area contributed by atoms with Crippen LogP contribution in [0.15, 0.2) is 12.2 Å². The summed E-state index contributed by atoms with van der Waals surface area (Å²) in [4.78, 5) is 11.8. The highest BCUT2D eigenvalue weighted by Gasteiger charge is 2.51. The molecule has 1 aliphatic carbocycles. The van der Waals surface area contributed by atoms with Crippen molar-refractivity contribution in [3.8, 4) is 0 Å². The lowest BCUT2D eigenvalue weighted by Gasteiger charge is -2.34. The number of carbonyl (C=O) groups excluding carboxylic acids is 1. The summed E-state index contributed by atoms with van der Waals surface area (Å²) < 4.78 is 12.4. The van der Waals surface area contributed by atoms with E-state index in [9.17, 15) is 9.90 Å². The Hall–Kier alpha value is -0.653. The minimum absolute atomic E-state index is 0.0144. The van der Waals surface area contributed by atoms with Crippen LogP contribution in [-0.4, -0.2) is 37.2 Å². The van der Waals surface area contributed by atoms with Crippen LogP contribution in [0.5, 0.6) is 0 Å². The molecule has 0 aromatic heterocycles. The molecule has 0 radical (unpaired) electrons. The van der Waals surface area contributed by atoms with Gasteiger partial charge in [-0.15, -0.1) is 0 Å². The van der Waals surface area contributed by atoms with Gasteiger partial charge in [0.2, 0.25) is 0 Å². The van der Waals surface area contributed by atoms with E-state index in [1.807, 2.05) is 13.0 Å². The SMILES string of the molecule is CCCCC[C@@](C)(O)/C=C/[C@@H]1C2CC(=O)O[C@H]2C[C@H]1O[Si](CC)(CC)CC. The number of fused-ring (bicyclic) bond motifs is 1. The van der Waals surface area contributed by atoms with Crippen molar-refractivity contribution in [2.75, 3.05) is 0 Å². The molecule has 4 nitrogen and oxygen atoms in total. The molecule has 2 aliphatic rings. The van der Waals surface area contributed by atoms with Gasteiger partial charge in [0.1, 0.15) is 6.10 Å². The molecule has 1 aliphatic heterocycles. The minimum Gasteiger partial charge on any atom is -0.462 e. The van der Waals surface area contributed by atoms with Crippen LogP contribution in [-0.2, 0) is 14.0 Å². The maximum Gasteiger partial charge on any atom is 0.306 e. The number of ether oxygens (including phenoxy) is 1. The molecule has 156 valence electrons. The summed E-state index contributed by atoms with van der Waals surface area (Å²) in [6, 6.07) is 3.37. The smallest absolute Gasteiger partial charge is 0.306 e. The summed E-state index contributed by atoms with van der Waals surface area (Å²) >= 11 is 0. The van der Waals surface area contributed by atoms with E-state index in [0.29, 0.717) is 6.42 Å². The second-order valence-corrected chi connectivity index (χ2v) is 13.5. The Labute approximate surface area is 166 Å². The molecule has 1 unspecified atom stereocenters. The third kappa shape index (κ3) is 5.67. The first kappa shape index (κ1) is 22.6. The van der Waals surface area contributed by atoms with Crippen molar-refractivity contribution >= 4 is 14.3 Å². The molecule has 2 fully saturated rings. The lowest BCUT2D eigenvalue weighted by Crippen LogP contribution is -2.41. The summed E-state index contributed by atoms with van der Waals surface area (Å²) in [5.74, 6) is 0.277. The zero-order valence-corrected chi connectivity index (χ0v) is 19.0. The van der Waals surface area contributed by atoms with Crippen molar-refractivity contribution in [3.63, 3.8) is 0 Å². The molecular formula is C22H40O4Si. The molecular weight excluding hydrogens is 356 g/mol. The first-order chi connectivity index (χ1) is 12.8. The Morgan fingerprint density at radius 2 is 1.89 bits per heavy atom. The quantitative estimate of drug-likeness (QED) is 0.225. The summed E-state index contributed by atoms with van der Waals surface area (Å²) in [6.45, 7) is 10.8. The molecule has 1 heterocycles. The van der Waals surface area contributed by atoms with E-state index < -0.39 is 13.9 Å². The van der Waals surface area contributed by atoms with Crippen LogP contribution < -0.4 is 0 Å². The molecule has 27 heavy (non-hydrogen) atoms. The zero-order valence-electron chi connectivity index (χ0n) is 18.0. The molecule has 0 spiro atoms. The lowest BCUT2D eigenvalue weighted by atomic mass is 9.89. The van der Waals surface area contributed by atoms with Crippen molar-refractivity contribution in [1.29, 1.82) is 0 Å². The van der Waals surface area contributed by atoms with E-state index in [4.69, 9.17) is 9.16 Å². The van der Waals surface area contributed by atoms with Crippen molar-refractivity contribution < 1.29 is 19.1 Å². The van der Waals surface area contributed by atoms with Crippen LogP contribution >= 0.6 is 0 Å². The number of hydrogen-bond acceptors (Lipinski definition) is 4. The van der Waals surface area contributed by atoms with Gasteiger partial charge in [0.15, 0.2) is 8.32 Å². The molecule has 0 amide bonds. The van der Waals surface area contributed by atoms with Crippen molar-refractivity contribution in [2.45, 2.75) is 109 Å². The molecule has 5 heteroatoms. The van der Waals surface area contributed by atoms with Gasteiger partial charge in [-0.05, 0) is 31.5 Å². The van der Waals surface area contributed by atoms with Crippen molar-refractivity contribution in [2.24, 2.45) is 11.8 Å². The van der Waals surface area contributed by atoms with E-state index in [1.165, 1.54) is 0 Å². The summed E-state index contributed by atoms with van der Waals surface area (Å²) in [6.07, 6.45) is 9.59. The second-order valence-electron chi connectivity index (χ2n) is 8.78. The molecule has 1 saturated heterocycles. The molecule has 0 aromatic carbocycles. The highest BCUT2D eigenvalue weighted by Crippen LogP contribution is 2.45. The number of carbonyl (C=O) groups is 1. The number of rotatable bonds is 11. The fraction of sp³-hybridized carbons (Fsp3) is 0.864. The summed E-state index contributed by atoms with van der Waals surface area (Å²) in [7, 11) is -1.73. The Balaban J connectivity index is 2.14. The van der Waals surface area contributed by atoms with Gasteiger partial charge >= 0.3 is 5.97 Å². The zero-order chi connectivity index (χ0) is 20.1. The number of unbranched alkanes of at least 4 members (excludes halogenated alkanes) is 2. The van der Waals surface area contributed by atoms with Crippen LogP contribution in [0.1, 0.15) is 73.1 Å². The summed E-state index contributed by atoms with van der Waals surface area (Å²) in [5.41, 5.74) is -0.796. The van der Waals surface area contributed by atoms with Crippen molar-refractivity contribution in [3.05, 3.63) is 12.2 Å². The first-order valence-corrected chi connectivity index (χ1v) is 13.6. The van der Waals surface area contributed by atoms with Gasteiger partial charge in [-0.1, -0.05) is 59.1 Å². The largest absolute Gasteiger partial charge is 0.462 e. The van der Waals surface area contributed by atoms with E-state index >= 15 is 0 Å². The molecule has 1 N–H and O–H groups in total. The van der Waals surface area contributed by atoms with Gasteiger partial charge in [-0.2, -0.15) is 0 Å². The predicted octanol–water partition coefficient (Wildman–Crippen LogP) is 5.22. The van der Waals surface area contributed by atoms with E-state index in [-0.39, 0.29) is 30.0 Å². The van der Waals surface area contributed by atoms with Crippen LogP contribution in [0.25, 0.3) is 0 Å². The van der Waals surface area contributed by atoms with Gasteiger partial charge in [0.05, 0.1) is 18.1 Å². The van der Waals surface area contributed by atoms with Gasteiger partial charge in [-0.3, -0.25) is 4.79 Å². The molecule has 2 rings (SSSR count). The van der Waals surface area contributed by atoms with Gasteiger partial charge in [0, 0.05) is 18.3 Å². The third-order valence-electron chi connectivity index (χ3n) is 6.85. The van der Waals surface area contributed by atoms with E-state index in [2.05, 4.69) is 33.8 Å². The van der Waals surface area contributed by atoms with Crippen LogP contribution in [0.3, 0.4) is 0 Å². The van der Waals surface area contributed by atoms with Crippen LogP contribution in [0.4, 0.5) is 0 Å². The van der Waals surface area contributed by atoms with Crippen LogP contribution in [0.2, 0.25) is 18.1 Å². The number of aliphatic hydroxyl groups is 1. The first-order valence-electron chi connectivity index (χ1n) is 11.1. The molecule has 1 saturated carbocycles. The Bertz CT molecular complexity index is 504. The topological polar surface area (TPSA) is 55.8 Å². The highest BCUT2D eigenvalue weighted by molar-refractivity contribution is 6.73. The molecule has 5 atom stereocenters. The fourth-order valence-electron chi connectivity index (χ4n) is 4.75. The summed E-state index contributed by atoms with van der Waals surface area (Å²) in [5, 5.41) is 10.7. The maximum absolute atomic E-state index is 11.8. The molecule has 0 bridgehead atoms. The minimum atomic E-state index is -1.73. The standard InChI is InChI=1S/C22H40O4Si/c1-6-10-11-13-22(5,24)14-12-17-18-15-21(23)25-19(18)16-20(17)26-27(7-2,8-3)9-4/h12,14,17-20,24H,6-11,13,15-16H2,1-5H3/b14-12+/t17-,18?,19+,20-,22-/m1/s1. The predicted molar refractivity (Wildman–Crippen MR) is 112 cm³/mol. The Morgan fingerprint density at radius 1 is 1.22 bits per heavy atom. The average molecular weight is 397 g/mol. The van der Waals surface area contributed by atoms with E-state index in [1.54, 1.807) is 0 Å². The number of hydrogen-bond donors (Lipinski definition) is 1. The Morgan fingerprint density at radius 3 is 2.48 bits per heavy atom. The van der Waals surface area contributed by atoms with Crippen molar-refractivity contribution in [1.82, 2.24) is 0 Å². The van der Waals surface area contributed by atoms with Gasteiger partial charge in [0.25, 0.3) is 0 Å². The highest BCUT2D eigenvalue weighted by atomic mass is 28.4. The third-order valence-corrected chi connectivity index (χ3v) is 11.5. The Kier molecular flexibility index (Phi) is 8.14. The lowest BCUT2D eigenvalue weighted by molar-refractivity contribution is -0.141. The average Bonchev–Trinajstić information content (AvgIpc) is 3.13.